The molecule has 0 unspecified atom stereocenters. The van der Waals surface area contributed by atoms with Gasteiger partial charge in [-0.1, -0.05) is 37.8 Å². The van der Waals surface area contributed by atoms with Crippen LogP contribution in [0.4, 0.5) is 5.69 Å². The number of carbonyl (C=O) groups is 1. The van der Waals surface area contributed by atoms with Crippen molar-refractivity contribution < 1.29 is 9.90 Å². The van der Waals surface area contributed by atoms with Gasteiger partial charge in [-0.25, -0.2) is 0 Å². The van der Waals surface area contributed by atoms with Crippen LogP contribution in [-0.4, -0.2) is 35.6 Å². The molecule has 4 nitrogen and oxygen atoms in total. The lowest BCUT2D eigenvalue weighted by Crippen LogP contribution is -2.34. The zero-order chi connectivity index (χ0) is 15.0. The van der Waals surface area contributed by atoms with Crippen molar-refractivity contribution in [1.82, 2.24) is 4.90 Å². The van der Waals surface area contributed by atoms with E-state index < -0.39 is 0 Å². The highest BCUT2D eigenvalue weighted by Gasteiger charge is 2.15. The van der Waals surface area contributed by atoms with E-state index in [9.17, 15) is 4.79 Å². The molecule has 1 aromatic rings. The van der Waals surface area contributed by atoms with Crippen LogP contribution in [0.15, 0.2) is 18.2 Å². The van der Waals surface area contributed by atoms with Crippen molar-refractivity contribution >= 4 is 23.2 Å². The first-order chi connectivity index (χ1) is 9.58. The molecule has 0 saturated carbocycles. The van der Waals surface area contributed by atoms with E-state index in [2.05, 4.69) is 6.92 Å². The highest BCUT2D eigenvalue weighted by Crippen LogP contribution is 2.18. The fraction of sp³-hybridized carbons (Fsp3) is 0.533. The van der Waals surface area contributed by atoms with E-state index in [1.54, 1.807) is 23.1 Å². The zero-order valence-corrected chi connectivity index (χ0v) is 12.7. The van der Waals surface area contributed by atoms with Crippen molar-refractivity contribution in [2.45, 2.75) is 32.6 Å². The van der Waals surface area contributed by atoms with Crippen molar-refractivity contribution in [2.75, 3.05) is 25.4 Å². The number of aliphatic hydroxyl groups is 1. The third kappa shape index (κ3) is 5.39. The molecular formula is C15H23ClN2O2. The van der Waals surface area contributed by atoms with Gasteiger partial charge >= 0.3 is 0 Å². The number of halogens is 1. The second-order valence-electron chi connectivity index (χ2n) is 4.85. The minimum atomic E-state index is -0.134. The van der Waals surface area contributed by atoms with E-state index in [0.29, 0.717) is 29.4 Å². The first kappa shape index (κ1) is 16.8. The standard InChI is InChI=1S/C15H23ClN2O2/c1-2-3-4-5-6-18(7-8-19)15(20)12-9-13(16)11-14(17)10-12/h9-11,19H,2-8,17H2,1H3. The molecule has 0 heterocycles. The topological polar surface area (TPSA) is 66.6 Å². The zero-order valence-electron chi connectivity index (χ0n) is 11.9. The average molecular weight is 299 g/mol. The van der Waals surface area contributed by atoms with E-state index >= 15 is 0 Å². The number of hydrogen-bond acceptors (Lipinski definition) is 3. The highest BCUT2D eigenvalue weighted by atomic mass is 35.5. The molecule has 0 aliphatic heterocycles. The smallest absolute Gasteiger partial charge is 0.254 e. The number of amides is 1. The Morgan fingerprint density at radius 1 is 1.25 bits per heavy atom. The van der Waals surface area contributed by atoms with Crippen molar-refractivity contribution in [3.8, 4) is 0 Å². The SMILES string of the molecule is CCCCCCN(CCO)C(=O)c1cc(N)cc(Cl)c1. The van der Waals surface area contributed by atoms with E-state index in [1.807, 2.05) is 0 Å². The number of nitrogens with two attached hydrogens (primary N) is 1. The second kappa shape index (κ2) is 8.82. The van der Waals surface area contributed by atoms with Gasteiger partial charge in [0.2, 0.25) is 0 Å². The van der Waals surface area contributed by atoms with Crippen LogP contribution in [-0.2, 0) is 0 Å². The Balaban J connectivity index is 2.71. The molecule has 3 N–H and O–H groups in total. The second-order valence-corrected chi connectivity index (χ2v) is 5.29. The van der Waals surface area contributed by atoms with Gasteiger partial charge in [0, 0.05) is 29.4 Å². The fourth-order valence-electron chi connectivity index (χ4n) is 2.08. The molecule has 0 radical (unpaired) electrons. The van der Waals surface area contributed by atoms with Crippen molar-refractivity contribution in [2.24, 2.45) is 0 Å². The molecule has 0 aromatic heterocycles. The minimum absolute atomic E-state index is 0.0461. The lowest BCUT2D eigenvalue weighted by atomic mass is 10.1. The first-order valence-electron chi connectivity index (χ1n) is 7.04. The monoisotopic (exact) mass is 298 g/mol. The maximum atomic E-state index is 12.4. The van der Waals surface area contributed by atoms with Crippen molar-refractivity contribution in [3.05, 3.63) is 28.8 Å². The molecule has 20 heavy (non-hydrogen) atoms. The number of aliphatic hydroxyl groups excluding tert-OH is 1. The van der Waals surface area contributed by atoms with Crippen LogP contribution in [0.3, 0.4) is 0 Å². The Morgan fingerprint density at radius 2 is 2.00 bits per heavy atom. The number of rotatable bonds is 8. The van der Waals surface area contributed by atoms with Crippen LogP contribution >= 0.6 is 11.6 Å². The van der Waals surface area contributed by atoms with Crippen LogP contribution in [0, 0.1) is 0 Å². The van der Waals surface area contributed by atoms with Gasteiger partial charge in [-0.05, 0) is 24.6 Å². The largest absolute Gasteiger partial charge is 0.399 e. The van der Waals surface area contributed by atoms with Crippen molar-refractivity contribution in [1.29, 1.82) is 0 Å². The summed E-state index contributed by atoms with van der Waals surface area (Å²) in [7, 11) is 0. The predicted molar refractivity (Wildman–Crippen MR) is 83.0 cm³/mol. The molecule has 5 heteroatoms. The maximum Gasteiger partial charge on any atom is 0.254 e. The summed E-state index contributed by atoms with van der Waals surface area (Å²) in [5, 5.41) is 9.55. The normalized spacial score (nSPS) is 10.6. The van der Waals surface area contributed by atoms with Crippen LogP contribution in [0.1, 0.15) is 43.0 Å². The Morgan fingerprint density at radius 3 is 2.60 bits per heavy atom. The van der Waals surface area contributed by atoms with E-state index in [0.717, 1.165) is 25.7 Å². The number of nitrogens with zero attached hydrogens (tertiary/aromatic N) is 1. The number of hydrogen-bond donors (Lipinski definition) is 2. The molecule has 0 bridgehead atoms. The summed E-state index contributed by atoms with van der Waals surface area (Å²) in [5.41, 5.74) is 6.65. The Hall–Kier alpha value is -1.26. The van der Waals surface area contributed by atoms with Gasteiger partial charge in [-0.2, -0.15) is 0 Å². The Bertz CT molecular complexity index is 418. The third-order valence-corrected chi connectivity index (χ3v) is 3.32. The summed E-state index contributed by atoms with van der Waals surface area (Å²) in [6, 6.07) is 4.83. The Kier molecular flexibility index (Phi) is 7.41. The summed E-state index contributed by atoms with van der Waals surface area (Å²) >= 11 is 5.92. The predicted octanol–water partition coefficient (Wildman–Crippen LogP) is 2.94. The fourth-order valence-corrected chi connectivity index (χ4v) is 2.33. The molecule has 0 spiro atoms. The van der Waals surface area contributed by atoms with Crippen molar-refractivity contribution in [3.63, 3.8) is 0 Å². The molecule has 1 aromatic carbocycles. The first-order valence-corrected chi connectivity index (χ1v) is 7.42. The molecule has 0 atom stereocenters. The van der Waals surface area contributed by atoms with Gasteiger partial charge in [0.25, 0.3) is 5.91 Å². The van der Waals surface area contributed by atoms with E-state index in [4.69, 9.17) is 22.4 Å². The van der Waals surface area contributed by atoms with Gasteiger partial charge in [-0.3, -0.25) is 4.79 Å². The summed E-state index contributed by atoms with van der Waals surface area (Å²) in [6.45, 7) is 3.07. The molecular weight excluding hydrogens is 276 g/mol. The average Bonchev–Trinajstić information content (AvgIpc) is 2.40. The van der Waals surface area contributed by atoms with Crippen LogP contribution in [0.2, 0.25) is 5.02 Å². The maximum absolute atomic E-state index is 12.4. The number of benzene rings is 1. The van der Waals surface area contributed by atoms with E-state index in [-0.39, 0.29) is 12.5 Å². The lowest BCUT2D eigenvalue weighted by molar-refractivity contribution is 0.0718. The van der Waals surface area contributed by atoms with Gasteiger partial charge in [0.15, 0.2) is 0 Å². The van der Waals surface area contributed by atoms with Crippen LogP contribution in [0.25, 0.3) is 0 Å². The molecule has 1 amide bonds. The Labute approximate surface area is 125 Å². The third-order valence-electron chi connectivity index (χ3n) is 3.11. The van der Waals surface area contributed by atoms with Gasteiger partial charge in [-0.15, -0.1) is 0 Å². The highest BCUT2D eigenvalue weighted by molar-refractivity contribution is 6.31. The minimum Gasteiger partial charge on any atom is -0.399 e. The molecule has 0 saturated heterocycles. The van der Waals surface area contributed by atoms with E-state index in [1.165, 1.54) is 0 Å². The number of anilines is 1. The summed E-state index contributed by atoms with van der Waals surface area (Å²) in [4.78, 5) is 14.1. The number of carbonyl (C=O) groups excluding carboxylic acids is 1. The summed E-state index contributed by atoms with van der Waals surface area (Å²) in [5.74, 6) is -0.134. The van der Waals surface area contributed by atoms with Crippen LogP contribution in [0.5, 0.6) is 0 Å². The van der Waals surface area contributed by atoms with Gasteiger partial charge < -0.3 is 15.7 Å². The van der Waals surface area contributed by atoms with Crippen LogP contribution < -0.4 is 5.73 Å². The molecule has 112 valence electrons. The number of nitrogen functional groups attached to an aromatic ring is 1. The van der Waals surface area contributed by atoms with Gasteiger partial charge in [0.05, 0.1) is 6.61 Å². The quantitative estimate of drug-likeness (QED) is 0.573. The summed E-state index contributed by atoms with van der Waals surface area (Å²) in [6.07, 6.45) is 4.34. The van der Waals surface area contributed by atoms with Gasteiger partial charge in [0.1, 0.15) is 0 Å². The lowest BCUT2D eigenvalue weighted by Gasteiger charge is -2.22. The summed E-state index contributed by atoms with van der Waals surface area (Å²) < 4.78 is 0. The molecule has 0 fully saturated rings. The molecule has 0 aliphatic rings. The molecule has 1 rings (SSSR count). The molecule has 0 aliphatic carbocycles. The number of unbranched alkanes of at least 4 members (excludes halogenated alkanes) is 3.